The van der Waals surface area contributed by atoms with Crippen LogP contribution in [0.4, 0.5) is 4.39 Å². The first-order chi connectivity index (χ1) is 14.4. The van der Waals surface area contributed by atoms with Crippen molar-refractivity contribution in [3.63, 3.8) is 0 Å². The molecule has 1 N–H and O–H groups in total. The monoisotopic (exact) mass is 431 g/mol. The molecule has 7 heteroatoms. The highest BCUT2D eigenvalue weighted by Crippen LogP contribution is 2.32. The molecule has 1 fully saturated rings. The Labute approximate surface area is 176 Å². The van der Waals surface area contributed by atoms with Gasteiger partial charge < -0.3 is 10.1 Å². The van der Waals surface area contributed by atoms with Crippen LogP contribution in [0.15, 0.2) is 47.4 Å². The van der Waals surface area contributed by atoms with Crippen LogP contribution in [-0.4, -0.2) is 33.3 Å². The average molecular weight is 432 g/mol. The summed E-state index contributed by atoms with van der Waals surface area (Å²) >= 11 is 0. The third-order valence-electron chi connectivity index (χ3n) is 6.15. The highest BCUT2D eigenvalue weighted by molar-refractivity contribution is 7.91. The highest BCUT2D eigenvalue weighted by atomic mass is 32.2. The van der Waals surface area contributed by atoms with Gasteiger partial charge in [0.2, 0.25) is 5.91 Å². The molecule has 1 aliphatic heterocycles. The van der Waals surface area contributed by atoms with E-state index in [0.717, 1.165) is 30.4 Å². The zero-order valence-electron chi connectivity index (χ0n) is 16.8. The predicted molar refractivity (Wildman–Crippen MR) is 111 cm³/mol. The van der Waals surface area contributed by atoms with Crippen LogP contribution >= 0.6 is 0 Å². The lowest BCUT2D eigenvalue weighted by molar-refractivity contribution is -0.124. The zero-order valence-corrected chi connectivity index (χ0v) is 17.6. The quantitative estimate of drug-likeness (QED) is 0.762. The fraction of sp³-hybridized carbons (Fsp3) is 0.435. The van der Waals surface area contributed by atoms with Crippen molar-refractivity contribution in [3.05, 3.63) is 65.0 Å². The summed E-state index contributed by atoms with van der Waals surface area (Å²) in [5.74, 6) is -0.910. The Kier molecular flexibility index (Phi) is 5.93. The number of fused-ring (bicyclic) bond motifs is 1. The van der Waals surface area contributed by atoms with Crippen molar-refractivity contribution in [1.82, 2.24) is 5.32 Å². The maximum atomic E-state index is 13.4. The molecular weight excluding hydrogens is 405 g/mol. The number of amides is 1. The van der Waals surface area contributed by atoms with Crippen molar-refractivity contribution in [2.24, 2.45) is 0 Å². The van der Waals surface area contributed by atoms with Crippen molar-refractivity contribution in [2.75, 3.05) is 19.0 Å². The molecule has 0 atom stereocenters. The van der Waals surface area contributed by atoms with Gasteiger partial charge >= 0.3 is 0 Å². The molecule has 4 rings (SSSR count). The second-order valence-electron chi connectivity index (χ2n) is 8.10. The molecule has 1 aliphatic carbocycles. The molecule has 0 unspecified atom stereocenters. The fourth-order valence-corrected chi connectivity index (χ4v) is 5.68. The highest BCUT2D eigenvalue weighted by Gasteiger charge is 2.36. The number of carbonyl (C=O) groups excluding carboxylic acids is 1. The Morgan fingerprint density at radius 3 is 2.47 bits per heavy atom. The van der Waals surface area contributed by atoms with Gasteiger partial charge in [-0.05, 0) is 73.1 Å². The number of carbonyl (C=O) groups is 1. The summed E-state index contributed by atoms with van der Waals surface area (Å²) in [5.41, 5.74) is 2.45. The van der Waals surface area contributed by atoms with Crippen LogP contribution in [0.1, 0.15) is 42.4 Å². The number of hydrogen-bond donors (Lipinski definition) is 1. The van der Waals surface area contributed by atoms with Crippen LogP contribution in [0.5, 0.6) is 0 Å². The minimum absolute atomic E-state index is 0.122. The summed E-state index contributed by atoms with van der Waals surface area (Å²) in [7, 11) is -3.54. The van der Waals surface area contributed by atoms with E-state index in [4.69, 9.17) is 4.74 Å². The topological polar surface area (TPSA) is 72.5 Å². The van der Waals surface area contributed by atoms with Gasteiger partial charge in [0.05, 0.1) is 16.2 Å². The third-order valence-corrected chi connectivity index (χ3v) is 7.86. The van der Waals surface area contributed by atoms with Gasteiger partial charge in [0, 0.05) is 19.6 Å². The van der Waals surface area contributed by atoms with E-state index in [1.165, 1.54) is 17.7 Å². The predicted octanol–water partition coefficient (Wildman–Crippen LogP) is 3.30. The van der Waals surface area contributed by atoms with E-state index in [1.54, 1.807) is 24.3 Å². The summed E-state index contributed by atoms with van der Waals surface area (Å²) in [6, 6.07) is 11.4. The number of ether oxygens (including phenoxy) is 1. The van der Waals surface area contributed by atoms with Crippen molar-refractivity contribution >= 4 is 15.7 Å². The van der Waals surface area contributed by atoms with Gasteiger partial charge in [-0.25, -0.2) is 12.8 Å². The second-order valence-corrected chi connectivity index (χ2v) is 10.2. The van der Waals surface area contributed by atoms with Gasteiger partial charge in [-0.1, -0.05) is 18.2 Å². The molecule has 1 amide bonds. The number of halogens is 1. The van der Waals surface area contributed by atoms with Crippen LogP contribution < -0.4 is 5.32 Å². The molecule has 0 bridgehead atoms. The molecule has 30 heavy (non-hydrogen) atoms. The van der Waals surface area contributed by atoms with Crippen LogP contribution in [-0.2, 0) is 37.7 Å². The zero-order chi connectivity index (χ0) is 21.2. The van der Waals surface area contributed by atoms with Crippen molar-refractivity contribution in [1.29, 1.82) is 0 Å². The number of hydrogen-bond acceptors (Lipinski definition) is 4. The van der Waals surface area contributed by atoms with Crippen molar-refractivity contribution in [2.45, 2.75) is 49.0 Å². The van der Waals surface area contributed by atoms with Gasteiger partial charge in [0.1, 0.15) is 5.82 Å². The number of nitrogens with one attached hydrogen (secondary N) is 1. The van der Waals surface area contributed by atoms with Crippen molar-refractivity contribution in [3.8, 4) is 0 Å². The molecule has 5 nitrogen and oxygen atoms in total. The number of aryl methyl sites for hydroxylation is 2. The standard InChI is InChI=1S/C23H26FNO4S/c24-20-7-5-19(6-8-20)23(11-13-29-14-12-23)25-22(26)10-15-30(27,28)21-9-4-17-2-1-3-18(17)16-21/h4-9,16H,1-3,10-15H2,(H,25,26). The molecule has 0 aromatic heterocycles. The molecule has 1 saturated heterocycles. The summed E-state index contributed by atoms with van der Waals surface area (Å²) in [6.45, 7) is 0.955. The number of benzene rings is 2. The fourth-order valence-electron chi connectivity index (χ4n) is 4.39. The van der Waals surface area contributed by atoms with Crippen LogP contribution in [0, 0.1) is 5.82 Å². The largest absolute Gasteiger partial charge is 0.381 e. The van der Waals surface area contributed by atoms with Crippen LogP contribution in [0.3, 0.4) is 0 Å². The minimum Gasteiger partial charge on any atom is -0.381 e. The van der Waals surface area contributed by atoms with Crippen molar-refractivity contribution < 1.29 is 22.3 Å². The van der Waals surface area contributed by atoms with Gasteiger partial charge in [-0.15, -0.1) is 0 Å². The number of rotatable bonds is 6. The summed E-state index contributed by atoms with van der Waals surface area (Å²) in [6.07, 6.45) is 3.94. The van der Waals surface area contributed by atoms with E-state index < -0.39 is 15.4 Å². The van der Waals surface area contributed by atoms with Gasteiger partial charge in [0.15, 0.2) is 9.84 Å². The number of sulfone groups is 1. The molecule has 1 heterocycles. The first kappa shape index (κ1) is 21.0. The molecule has 2 aliphatic rings. The molecule has 0 radical (unpaired) electrons. The summed E-state index contributed by atoms with van der Waals surface area (Å²) < 4.78 is 44.3. The van der Waals surface area contributed by atoms with E-state index in [2.05, 4.69) is 5.32 Å². The lowest BCUT2D eigenvalue weighted by atomic mass is 9.82. The Morgan fingerprint density at radius 1 is 1.03 bits per heavy atom. The van der Waals surface area contributed by atoms with E-state index in [0.29, 0.717) is 26.1 Å². The smallest absolute Gasteiger partial charge is 0.221 e. The first-order valence-corrected chi connectivity index (χ1v) is 12.0. The Morgan fingerprint density at radius 2 is 1.73 bits per heavy atom. The molecular formula is C23H26FNO4S. The van der Waals surface area contributed by atoms with E-state index in [1.807, 2.05) is 6.07 Å². The van der Waals surface area contributed by atoms with Crippen LogP contribution in [0.2, 0.25) is 0 Å². The Balaban J connectivity index is 1.45. The molecule has 0 saturated carbocycles. The van der Waals surface area contributed by atoms with Gasteiger partial charge in [-0.3, -0.25) is 4.79 Å². The van der Waals surface area contributed by atoms with Gasteiger partial charge in [0.25, 0.3) is 0 Å². The maximum absolute atomic E-state index is 13.4. The van der Waals surface area contributed by atoms with E-state index in [9.17, 15) is 17.6 Å². The van der Waals surface area contributed by atoms with E-state index in [-0.39, 0.29) is 28.8 Å². The van der Waals surface area contributed by atoms with Gasteiger partial charge in [-0.2, -0.15) is 0 Å². The lowest BCUT2D eigenvalue weighted by Crippen LogP contribution is -2.49. The second kappa shape index (κ2) is 8.47. The van der Waals surface area contributed by atoms with Crippen LogP contribution in [0.25, 0.3) is 0 Å². The normalized spacial score (nSPS) is 18.0. The molecule has 0 spiro atoms. The average Bonchev–Trinajstić information content (AvgIpc) is 3.21. The molecule has 160 valence electrons. The first-order valence-electron chi connectivity index (χ1n) is 10.4. The SMILES string of the molecule is O=C(CCS(=O)(=O)c1ccc2c(c1)CCC2)NC1(c2ccc(F)cc2)CCOCC1. The Bertz CT molecular complexity index is 1030. The summed E-state index contributed by atoms with van der Waals surface area (Å²) in [4.78, 5) is 13.0. The third kappa shape index (κ3) is 4.42. The molecule has 2 aromatic rings. The maximum Gasteiger partial charge on any atom is 0.221 e. The Hall–Kier alpha value is -2.25. The minimum atomic E-state index is -3.54. The lowest BCUT2D eigenvalue weighted by Gasteiger charge is -2.38. The molecule has 2 aromatic carbocycles. The van der Waals surface area contributed by atoms with E-state index >= 15 is 0 Å². The summed E-state index contributed by atoms with van der Waals surface area (Å²) in [5, 5.41) is 3.03.